The van der Waals surface area contributed by atoms with Crippen molar-refractivity contribution >= 4 is 17.8 Å². The summed E-state index contributed by atoms with van der Waals surface area (Å²) in [6.07, 6.45) is 3.03. The molecule has 0 aliphatic heterocycles. The van der Waals surface area contributed by atoms with Gasteiger partial charge in [-0.2, -0.15) is 0 Å². The van der Waals surface area contributed by atoms with Crippen LogP contribution in [0.5, 0.6) is 11.5 Å². The number of hydrogen-bond acceptors (Lipinski definition) is 5. The number of amides is 2. The van der Waals surface area contributed by atoms with E-state index in [4.69, 9.17) is 9.84 Å². The number of pyridine rings is 1. The number of para-hydroxylation sites is 1. The first kappa shape index (κ1) is 19.6. The van der Waals surface area contributed by atoms with E-state index in [2.05, 4.69) is 15.6 Å². The average Bonchev–Trinajstić information content (AvgIpc) is 2.65. The minimum Gasteiger partial charge on any atom is -0.480 e. The van der Waals surface area contributed by atoms with Crippen molar-refractivity contribution in [3.05, 3.63) is 48.7 Å². The molecule has 1 saturated carbocycles. The Morgan fingerprint density at radius 2 is 1.93 bits per heavy atom. The van der Waals surface area contributed by atoms with Crippen molar-refractivity contribution in [1.29, 1.82) is 0 Å². The van der Waals surface area contributed by atoms with E-state index in [0.717, 1.165) is 12.8 Å². The van der Waals surface area contributed by atoms with E-state index in [9.17, 15) is 9.59 Å². The molecule has 0 saturated heterocycles. The van der Waals surface area contributed by atoms with Gasteiger partial charge in [0.25, 0.3) is 0 Å². The van der Waals surface area contributed by atoms with Crippen LogP contribution in [0.3, 0.4) is 0 Å². The van der Waals surface area contributed by atoms with E-state index < -0.39 is 5.97 Å². The molecule has 8 nitrogen and oxygen atoms in total. The highest BCUT2D eigenvalue weighted by atomic mass is 16.5. The zero-order valence-corrected chi connectivity index (χ0v) is 15.7. The van der Waals surface area contributed by atoms with Gasteiger partial charge in [0, 0.05) is 12.1 Å². The Kier molecular flexibility index (Phi) is 6.44. The number of benzene rings is 1. The van der Waals surface area contributed by atoms with Crippen molar-refractivity contribution in [3.8, 4) is 11.5 Å². The number of hydrogen-bond donors (Lipinski definition) is 3. The molecule has 1 fully saturated rings. The number of likely N-dealkylation sites (N-methyl/N-ethyl adjacent to an activating group) is 1. The van der Waals surface area contributed by atoms with Gasteiger partial charge in [0.2, 0.25) is 0 Å². The second-order valence-corrected chi connectivity index (χ2v) is 6.67. The van der Waals surface area contributed by atoms with Gasteiger partial charge in [-0.3, -0.25) is 15.0 Å². The standard InChI is InChI=1S/C20H24N4O4/c1-2-24(13-19(25)26)15-10-14(11-15)22-20(27)23-18-9-8-17(12-21-18)28-16-6-4-3-5-7-16/h3-9,12,14-15H,2,10-11,13H2,1H3,(H,25,26)(H2,21,22,23,27). The molecule has 1 aliphatic carbocycles. The van der Waals surface area contributed by atoms with Crippen LogP contribution in [0.15, 0.2) is 48.7 Å². The predicted octanol–water partition coefficient (Wildman–Crippen LogP) is 2.93. The van der Waals surface area contributed by atoms with Crippen LogP contribution in [0.1, 0.15) is 19.8 Å². The van der Waals surface area contributed by atoms with E-state index >= 15 is 0 Å². The highest BCUT2D eigenvalue weighted by Crippen LogP contribution is 2.26. The molecule has 3 rings (SSSR count). The molecule has 8 heteroatoms. The van der Waals surface area contributed by atoms with Crippen LogP contribution in [-0.2, 0) is 4.79 Å². The van der Waals surface area contributed by atoms with Gasteiger partial charge in [-0.1, -0.05) is 25.1 Å². The molecule has 2 aromatic rings. The van der Waals surface area contributed by atoms with Gasteiger partial charge in [-0.15, -0.1) is 0 Å². The second-order valence-electron chi connectivity index (χ2n) is 6.67. The summed E-state index contributed by atoms with van der Waals surface area (Å²) in [5.41, 5.74) is 0. The number of nitrogens with one attached hydrogen (secondary N) is 2. The van der Waals surface area contributed by atoms with Crippen molar-refractivity contribution in [2.75, 3.05) is 18.4 Å². The largest absolute Gasteiger partial charge is 0.480 e. The molecule has 0 bridgehead atoms. The molecule has 0 atom stereocenters. The highest BCUT2D eigenvalue weighted by molar-refractivity contribution is 5.88. The number of anilines is 1. The zero-order valence-electron chi connectivity index (χ0n) is 15.7. The Hall–Kier alpha value is -3.13. The maximum atomic E-state index is 12.1. The van der Waals surface area contributed by atoms with E-state index in [0.29, 0.717) is 23.9 Å². The molecule has 1 aromatic carbocycles. The Morgan fingerprint density at radius 1 is 1.18 bits per heavy atom. The molecular formula is C20H24N4O4. The van der Waals surface area contributed by atoms with Crippen LogP contribution in [0, 0.1) is 0 Å². The van der Waals surface area contributed by atoms with Crippen molar-refractivity contribution < 1.29 is 19.4 Å². The quantitative estimate of drug-likeness (QED) is 0.646. The molecule has 2 amide bonds. The fraction of sp³-hybridized carbons (Fsp3) is 0.350. The van der Waals surface area contributed by atoms with Gasteiger partial charge in [-0.25, -0.2) is 9.78 Å². The fourth-order valence-electron chi connectivity index (χ4n) is 3.15. The van der Waals surface area contributed by atoms with Gasteiger partial charge < -0.3 is 15.2 Å². The predicted molar refractivity (Wildman–Crippen MR) is 105 cm³/mol. The Bertz CT molecular complexity index is 792. The maximum Gasteiger partial charge on any atom is 0.320 e. The number of aliphatic carboxylic acids is 1. The van der Waals surface area contributed by atoms with Crippen LogP contribution in [-0.4, -0.2) is 52.2 Å². The van der Waals surface area contributed by atoms with Crippen LogP contribution < -0.4 is 15.4 Å². The second kappa shape index (κ2) is 9.18. The van der Waals surface area contributed by atoms with Gasteiger partial charge in [0.15, 0.2) is 0 Å². The summed E-state index contributed by atoms with van der Waals surface area (Å²) in [7, 11) is 0. The third kappa shape index (κ3) is 5.43. The number of ether oxygens (including phenoxy) is 1. The third-order valence-electron chi connectivity index (χ3n) is 4.67. The lowest BCUT2D eigenvalue weighted by atomic mass is 9.85. The monoisotopic (exact) mass is 384 g/mol. The summed E-state index contributed by atoms with van der Waals surface area (Å²) in [6.45, 7) is 2.64. The van der Waals surface area contributed by atoms with Crippen LogP contribution in [0.2, 0.25) is 0 Å². The Labute approximate surface area is 163 Å². The van der Waals surface area contributed by atoms with Gasteiger partial charge >= 0.3 is 12.0 Å². The summed E-state index contributed by atoms with van der Waals surface area (Å²) >= 11 is 0. The van der Waals surface area contributed by atoms with Crippen molar-refractivity contribution in [3.63, 3.8) is 0 Å². The molecule has 0 unspecified atom stereocenters. The normalized spacial score (nSPS) is 18.2. The number of aromatic nitrogens is 1. The number of urea groups is 1. The first-order valence-corrected chi connectivity index (χ1v) is 9.25. The molecule has 28 heavy (non-hydrogen) atoms. The summed E-state index contributed by atoms with van der Waals surface area (Å²) in [4.78, 5) is 29.1. The molecule has 3 N–H and O–H groups in total. The Morgan fingerprint density at radius 3 is 2.54 bits per heavy atom. The number of carbonyl (C=O) groups is 2. The lowest BCUT2D eigenvalue weighted by Crippen LogP contribution is -2.55. The minimum absolute atomic E-state index is 0.0292. The van der Waals surface area contributed by atoms with Crippen molar-refractivity contribution in [2.24, 2.45) is 0 Å². The number of nitrogens with zero attached hydrogens (tertiary/aromatic N) is 2. The average molecular weight is 384 g/mol. The summed E-state index contributed by atoms with van der Waals surface area (Å²) < 4.78 is 5.66. The molecule has 0 spiro atoms. The van der Waals surface area contributed by atoms with Crippen LogP contribution in [0.4, 0.5) is 10.6 Å². The first-order chi connectivity index (χ1) is 13.5. The lowest BCUT2D eigenvalue weighted by Gasteiger charge is -2.42. The van der Waals surface area contributed by atoms with E-state index in [1.54, 1.807) is 18.3 Å². The van der Waals surface area contributed by atoms with Crippen molar-refractivity contribution in [1.82, 2.24) is 15.2 Å². The van der Waals surface area contributed by atoms with E-state index in [1.807, 2.05) is 42.2 Å². The van der Waals surface area contributed by atoms with Gasteiger partial charge in [0.05, 0.1) is 12.7 Å². The molecule has 1 aromatic heterocycles. The highest BCUT2D eigenvalue weighted by Gasteiger charge is 2.34. The number of carboxylic acid groups (broad SMARTS) is 1. The SMILES string of the molecule is CCN(CC(=O)O)C1CC(NC(=O)Nc2ccc(Oc3ccccc3)cn2)C1. The van der Waals surface area contributed by atoms with Crippen LogP contribution in [0.25, 0.3) is 0 Å². The van der Waals surface area contributed by atoms with Gasteiger partial charge in [0.1, 0.15) is 17.3 Å². The molecule has 1 aliphatic rings. The van der Waals surface area contributed by atoms with E-state index in [-0.39, 0.29) is 24.7 Å². The number of rotatable bonds is 8. The van der Waals surface area contributed by atoms with Crippen molar-refractivity contribution in [2.45, 2.75) is 31.8 Å². The Balaban J connectivity index is 1.42. The number of carbonyl (C=O) groups excluding carboxylic acids is 1. The van der Waals surface area contributed by atoms with Crippen LogP contribution >= 0.6 is 0 Å². The summed E-state index contributed by atoms with van der Waals surface area (Å²) in [6, 6.07) is 12.7. The molecule has 148 valence electrons. The van der Waals surface area contributed by atoms with Gasteiger partial charge in [-0.05, 0) is 43.7 Å². The maximum absolute atomic E-state index is 12.1. The molecule has 1 heterocycles. The summed E-state index contributed by atoms with van der Waals surface area (Å²) in [5.74, 6) is 0.889. The van der Waals surface area contributed by atoms with E-state index in [1.165, 1.54) is 0 Å². The smallest absolute Gasteiger partial charge is 0.320 e. The number of carboxylic acids is 1. The molecular weight excluding hydrogens is 360 g/mol. The topological polar surface area (TPSA) is 104 Å². The molecule has 0 radical (unpaired) electrons. The zero-order chi connectivity index (χ0) is 19.9. The fourth-order valence-corrected chi connectivity index (χ4v) is 3.15. The minimum atomic E-state index is -0.832. The first-order valence-electron chi connectivity index (χ1n) is 9.25. The third-order valence-corrected chi connectivity index (χ3v) is 4.67. The lowest BCUT2D eigenvalue weighted by molar-refractivity contribution is -0.139. The summed E-state index contributed by atoms with van der Waals surface area (Å²) in [5, 5.41) is 14.5.